The van der Waals surface area contributed by atoms with Gasteiger partial charge in [-0.1, -0.05) is 12.1 Å². The van der Waals surface area contributed by atoms with Crippen molar-refractivity contribution in [3.05, 3.63) is 53.1 Å². The van der Waals surface area contributed by atoms with Gasteiger partial charge in [0.25, 0.3) is 0 Å². The van der Waals surface area contributed by atoms with E-state index in [-0.39, 0.29) is 5.82 Å². The van der Waals surface area contributed by atoms with Gasteiger partial charge in [0.05, 0.1) is 11.1 Å². The smallest absolute Gasteiger partial charge is 0.369 e. The number of nitrogens with zero attached hydrogens (tertiary/aromatic N) is 2. The molecule has 0 radical (unpaired) electrons. The quantitative estimate of drug-likeness (QED) is 0.587. The van der Waals surface area contributed by atoms with E-state index in [0.717, 1.165) is 41.6 Å². The molecule has 1 aromatic heterocycles. The number of hydrogen-bond donors (Lipinski definition) is 2. The summed E-state index contributed by atoms with van der Waals surface area (Å²) in [6.45, 7) is 5.12. The summed E-state index contributed by atoms with van der Waals surface area (Å²) in [6, 6.07) is 9.70. The molecule has 0 aliphatic heterocycles. The summed E-state index contributed by atoms with van der Waals surface area (Å²) in [5.41, 5.74) is 1.86. The second kappa shape index (κ2) is 8.14. The Kier molecular flexibility index (Phi) is 5.84. The molecule has 28 heavy (non-hydrogen) atoms. The van der Waals surface area contributed by atoms with Crippen molar-refractivity contribution in [1.82, 2.24) is 15.3 Å². The van der Waals surface area contributed by atoms with E-state index in [2.05, 4.69) is 20.6 Å². The van der Waals surface area contributed by atoms with Gasteiger partial charge in [-0.05, 0) is 69.3 Å². The van der Waals surface area contributed by atoms with Crippen LogP contribution in [0.5, 0.6) is 0 Å². The molecule has 148 valence electrons. The highest BCUT2D eigenvalue weighted by Crippen LogP contribution is 2.34. The number of aromatic nitrogens is 2. The molecule has 7 heteroatoms. The number of halogens is 3. The summed E-state index contributed by atoms with van der Waals surface area (Å²) in [4.78, 5) is 9.15. The highest BCUT2D eigenvalue weighted by atomic mass is 19.4. The van der Waals surface area contributed by atoms with Gasteiger partial charge >= 0.3 is 6.18 Å². The average molecular weight is 388 g/mol. The van der Waals surface area contributed by atoms with Gasteiger partial charge in [0.2, 0.25) is 0 Å². The van der Waals surface area contributed by atoms with Gasteiger partial charge in [-0.3, -0.25) is 0 Å². The molecule has 3 aromatic rings. The molecular weight excluding hydrogens is 365 g/mol. The van der Waals surface area contributed by atoms with Crippen LogP contribution in [0.25, 0.3) is 22.3 Å². The Balaban J connectivity index is 2.11. The number of alkyl halides is 3. The Morgan fingerprint density at radius 2 is 1.79 bits per heavy atom. The largest absolute Gasteiger partial charge is 0.416 e. The van der Waals surface area contributed by atoms with E-state index >= 15 is 0 Å². The lowest BCUT2D eigenvalue weighted by Gasteiger charge is -2.14. The van der Waals surface area contributed by atoms with Gasteiger partial charge in [-0.25, -0.2) is 9.97 Å². The molecule has 2 N–H and O–H groups in total. The van der Waals surface area contributed by atoms with Gasteiger partial charge in [0.15, 0.2) is 5.82 Å². The fourth-order valence-corrected chi connectivity index (χ4v) is 3.11. The normalized spacial score (nSPS) is 11.8. The van der Waals surface area contributed by atoms with Crippen LogP contribution in [0.4, 0.5) is 19.0 Å². The Labute approximate surface area is 162 Å². The second-order valence-corrected chi connectivity index (χ2v) is 6.84. The van der Waals surface area contributed by atoms with Crippen LogP contribution in [0.2, 0.25) is 0 Å². The monoisotopic (exact) mass is 388 g/mol. The molecule has 0 spiro atoms. The molecule has 0 saturated carbocycles. The third kappa shape index (κ3) is 4.42. The first-order valence-corrected chi connectivity index (χ1v) is 9.14. The molecule has 0 aliphatic carbocycles. The lowest BCUT2D eigenvalue weighted by atomic mass is 10.0. The van der Waals surface area contributed by atoms with Crippen LogP contribution in [0.1, 0.15) is 23.1 Å². The van der Waals surface area contributed by atoms with Crippen molar-refractivity contribution in [3.8, 4) is 11.4 Å². The molecule has 0 unspecified atom stereocenters. The number of rotatable bonds is 6. The van der Waals surface area contributed by atoms with Crippen LogP contribution in [-0.4, -0.2) is 30.1 Å². The fraction of sp³-hybridized carbons (Fsp3) is 0.333. The zero-order chi connectivity index (χ0) is 20.3. The molecule has 0 amide bonds. The maximum absolute atomic E-state index is 13.2. The Hall–Kier alpha value is -2.67. The number of anilines is 1. The summed E-state index contributed by atoms with van der Waals surface area (Å²) in [7, 11) is 1.89. The van der Waals surface area contributed by atoms with E-state index in [0.29, 0.717) is 23.5 Å². The zero-order valence-electron chi connectivity index (χ0n) is 16.1. The summed E-state index contributed by atoms with van der Waals surface area (Å²) in [5.74, 6) is 0.919. The summed E-state index contributed by atoms with van der Waals surface area (Å²) >= 11 is 0. The number of aryl methyl sites for hydroxylation is 2. The van der Waals surface area contributed by atoms with Crippen LogP contribution in [0, 0.1) is 13.8 Å². The summed E-state index contributed by atoms with van der Waals surface area (Å²) < 4.78 is 39.7. The minimum absolute atomic E-state index is 0.284. The number of para-hydroxylation sites is 1. The molecule has 4 nitrogen and oxygen atoms in total. The van der Waals surface area contributed by atoms with Crippen LogP contribution in [-0.2, 0) is 6.18 Å². The topological polar surface area (TPSA) is 49.8 Å². The van der Waals surface area contributed by atoms with Crippen molar-refractivity contribution in [2.24, 2.45) is 0 Å². The van der Waals surface area contributed by atoms with Crippen molar-refractivity contribution in [2.75, 3.05) is 25.5 Å². The average Bonchev–Trinajstić information content (AvgIpc) is 2.64. The van der Waals surface area contributed by atoms with E-state index < -0.39 is 11.7 Å². The van der Waals surface area contributed by atoms with Gasteiger partial charge in [-0.15, -0.1) is 0 Å². The molecule has 0 fully saturated rings. The number of fused-ring (bicyclic) bond motifs is 1. The lowest BCUT2D eigenvalue weighted by molar-refractivity contribution is -0.137. The standard InChI is InChI=1S/C21H23F3N4/c1-13-10-15(12-16(11-13)21(22,23)24)19-27-18-14(2)6-4-7-17(18)20(28-19)26-9-5-8-25-3/h4,6-7,10-12,25H,5,8-9H2,1-3H3,(H,26,27,28). The van der Waals surface area contributed by atoms with E-state index in [4.69, 9.17) is 0 Å². The van der Waals surface area contributed by atoms with Gasteiger partial charge < -0.3 is 10.6 Å². The predicted molar refractivity (Wildman–Crippen MR) is 106 cm³/mol. The Morgan fingerprint density at radius 1 is 1.00 bits per heavy atom. The molecule has 0 bridgehead atoms. The van der Waals surface area contributed by atoms with E-state index in [1.54, 1.807) is 13.0 Å². The number of benzene rings is 2. The minimum atomic E-state index is -4.41. The highest BCUT2D eigenvalue weighted by molar-refractivity contribution is 5.92. The maximum Gasteiger partial charge on any atom is 0.416 e. The lowest BCUT2D eigenvalue weighted by Crippen LogP contribution is -2.14. The molecule has 3 rings (SSSR count). The molecule has 0 saturated heterocycles. The number of nitrogens with one attached hydrogen (secondary N) is 2. The van der Waals surface area contributed by atoms with Crippen molar-refractivity contribution in [3.63, 3.8) is 0 Å². The molecule has 0 aliphatic rings. The second-order valence-electron chi connectivity index (χ2n) is 6.84. The minimum Gasteiger partial charge on any atom is -0.369 e. The van der Waals surface area contributed by atoms with E-state index in [9.17, 15) is 13.2 Å². The van der Waals surface area contributed by atoms with E-state index in [1.165, 1.54) is 0 Å². The van der Waals surface area contributed by atoms with Crippen LogP contribution < -0.4 is 10.6 Å². The maximum atomic E-state index is 13.2. The van der Waals surface area contributed by atoms with E-state index in [1.807, 2.05) is 32.2 Å². The Morgan fingerprint density at radius 3 is 2.50 bits per heavy atom. The summed E-state index contributed by atoms with van der Waals surface area (Å²) in [6.07, 6.45) is -3.52. The van der Waals surface area contributed by atoms with Crippen LogP contribution in [0.15, 0.2) is 36.4 Å². The fourth-order valence-electron chi connectivity index (χ4n) is 3.11. The van der Waals surface area contributed by atoms with Crippen LogP contribution >= 0.6 is 0 Å². The van der Waals surface area contributed by atoms with Crippen molar-refractivity contribution in [1.29, 1.82) is 0 Å². The zero-order valence-corrected chi connectivity index (χ0v) is 16.1. The van der Waals surface area contributed by atoms with Gasteiger partial charge in [-0.2, -0.15) is 13.2 Å². The Bertz CT molecular complexity index is 983. The molecular formula is C21H23F3N4. The summed E-state index contributed by atoms with van der Waals surface area (Å²) in [5, 5.41) is 7.25. The first-order chi connectivity index (χ1) is 13.3. The predicted octanol–water partition coefficient (Wildman–Crippen LogP) is 4.95. The van der Waals surface area contributed by atoms with Crippen molar-refractivity contribution >= 4 is 16.7 Å². The molecule has 2 aromatic carbocycles. The third-order valence-electron chi connectivity index (χ3n) is 4.49. The first kappa shape index (κ1) is 20.1. The van der Waals surface area contributed by atoms with Crippen molar-refractivity contribution < 1.29 is 13.2 Å². The van der Waals surface area contributed by atoms with Gasteiger partial charge in [0.1, 0.15) is 5.82 Å². The van der Waals surface area contributed by atoms with Crippen LogP contribution in [0.3, 0.4) is 0 Å². The SMILES string of the molecule is CNCCCNc1nc(-c2cc(C)cc(C(F)(F)F)c2)nc2c(C)cccc12. The van der Waals surface area contributed by atoms with Crippen molar-refractivity contribution in [2.45, 2.75) is 26.4 Å². The first-order valence-electron chi connectivity index (χ1n) is 9.14. The van der Waals surface area contributed by atoms with Gasteiger partial charge in [0, 0.05) is 17.5 Å². The molecule has 0 atom stereocenters. The molecule has 1 heterocycles. The highest BCUT2D eigenvalue weighted by Gasteiger charge is 2.31. The third-order valence-corrected chi connectivity index (χ3v) is 4.49. The number of hydrogen-bond acceptors (Lipinski definition) is 4.